The third-order valence-corrected chi connectivity index (χ3v) is 5.82. The normalized spacial score (nSPS) is 11.6. The van der Waals surface area contributed by atoms with Gasteiger partial charge in [-0.25, -0.2) is 0 Å². The number of para-hydroxylation sites is 1. The van der Waals surface area contributed by atoms with E-state index in [1.54, 1.807) is 0 Å². The summed E-state index contributed by atoms with van der Waals surface area (Å²) < 4.78 is 6.08. The number of anilines is 2. The highest BCUT2D eigenvalue weighted by Crippen LogP contribution is 2.36. The van der Waals surface area contributed by atoms with E-state index >= 15 is 0 Å². The van der Waals surface area contributed by atoms with Gasteiger partial charge < -0.3 is 9.73 Å². The monoisotopic (exact) mass is 417 g/mol. The van der Waals surface area contributed by atoms with Gasteiger partial charge >= 0.3 is 0 Å². The topological polar surface area (TPSA) is 25.2 Å². The number of benzene rings is 4. The van der Waals surface area contributed by atoms with Gasteiger partial charge in [0.2, 0.25) is 0 Å². The van der Waals surface area contributed by atoms with Gasteiger partial charge in [-0.3, -0.25) is 0 Å². The molecule has 0 saturated heterocycles. The summed E-state index contributed by atoms with van der Waals surface area (Å²) in [6.45, 7) is 6.75. The number of hydrogen-bond acceptors (Lipinski definition) is 2. The minimum Gasteiger partial charge on any atom is -0.456 e. The second kappa shape index (κ2) is 8.05. The summed E-state index contributed by atoms with van der Waals surface area (Å²) in [6, 6.07) is 35.9. The molecule has 2 heteroatoms. The molecule has 0 aliphatic carbocycles. The molecule has 1 heterocycles. The lowest BCUT2D eigenvalue weighted by molar-refractivity contribution is 0.590. The van der Waals surface area contributed by atoms with E-state index in [4.69, 9.17) is 4.42 Å². The van der Waals surface area contributed by atoms with Crippen LogP contribution in [0.15, 0.2) is 108 Å². The minimum absolute atomic E-state index is 0.0866. The van der Waals surface area contributed by atoms with Gasteiger partial charge in [-0.15, -0.1) is 0 Å². The minimum atomic E-state index is 0.0866. The van der Waals surface area contributed by atoms with Crippen LogP contribution in [-0.4, -0.2) is 0 Å². The maximum absolute atomic E-state index is 6.08. The lowest BCUT2D eigenvalue weighted by Crippen LogP contribution is -2.11. The van der Waals surface area contributed by atoms with Crippen molar-refractivity contribution in [2.45, 2.75) is 26.2 Å². The van der Waals surface area contributed by atoms with Crippen molar-refractivity contribution in [3.8, 4) is 22.5 Å². The van der Waals surface area contributed by atoms with Crippen LogP contribution in [-0.2, 0) is 5.41 Å². The molecule has 0 fully saturated rings. The smallest absolute Gasteiger partial charge is 0.135 e. The van der Waals surface area contributed by atoms with Crippen LogP contribution in [0.5, 0.6) is 0 Å². The van der Waals surface area contributed by atoms with E-state index in [2.05, 4.69) is 111 Å². The van der Waals surface area contributed by atoms with E-state index in [1.807, 2.05) is 18.2 Å². The van der Waals surface area contributed by atoms with Gasteiger partial charge in [-0.05, 0) is 52.9 Å². The molecular weight excluding hydrogens is 390 g/mol. The van der Waals surface area contributed by atoms with Crippen molar-refractivity contribution in [2.24, 2.45) is 0 Å². The summed E-state index contributed by atoms with van der Waals surface area (Å²) in [5.74, 6) is 0.876. The highest BCUT2D eigenvalue weighted by Gasteiger charge is 2.16. The first-order valence-electron chi connectivity index (χ1n) is 11.0. The van der Waals surface area contributed by atoms with E-state index in [-0.39, 0.29) is 5.41 Å². The second-order valence-corrected chi connectivity index (χ2v) is 9.23. The van der Waals surface area contributed by atoms with Crippen molar-refractivity contribution < 1.29 is 4.42 Å². The molecule has 32 heavy (non-hydrogen) atoms. The molecule has 0 aliphatic heterocycles. The van der Waals surface area contributed by atoms with E-state index in [0.29, 0.717) is 0 Å². The summed E-state index contributed by atoms with van der Waals surface area (Å²) in [4.78, 5) is 0. The van der Waals surface area contributed by atoms with Gasteiger partial charge in [0.25, 0.3) is 0 Å². The van der Waals surface area contributed by atoms with Crippen LogP contribution in [0.25, 0.3) is 33.4 Å². The Morgan fingerprint density at radius 1 is 0.656 bits per heavy atom. The van der Waals surface area contributed by atoms with E-state index in [0.717, 1.165) is 33.7 Å². The first kappa shape index (κ1) is 20.1. The third kappa shape index (κ3) is 4.04. The lowest BCUT2D eigenvalue weighted by Gasteiger charge is -2.22. The summed E-state index contributed by atoms with van der Waals surface area (Å²) in [5.41, 5.74) is 7.89. The molecule has 2 nitrogen and oxygen atoms in total. The largest absolute Gasteiger partial charge is 0.456 e. The van der Waals surface area contributed by atoms with Crippen molar-refractivity contribution in [3.63, 3.8) is 0 Å². The van der Waals surface area contributed by atoms with Gasteiger partial charge in [-0.1, -0.05) is 87.5 Å². The van der Waals surface area contributed by atoms with Crippen molar-refractivity contribution in [1.82, 2.24) is 0 Å². The third-order valence-electron chi connectivity index (χ3n) is 5.82. The highest BCUT2D eigenvalue weighted by atomic mass is 16.3. The highest BCUT2D eigenvalue weighted by molar-refractivity contribution is 5.85. The summed E-state index contributed by atoms with van der Waals surface area (Å²) in [6.07, 6.45) is 0. The van der Waals surface area contributed by atoms with E-state index in [1.165, 1.54) is 16.7 Å². The van der Waals surface area contributed by atoms with Crippen molar-refractivity contribution in [1.29, 1.82) is 0 Å². The van der Waals surface area contributed by atoms with Crippen LogP contribution in [0.3, 0.4) is 0 Å². The van der Waals surface area contributed by atoms with Crippen LogP contribution in [0, 0.1) is 0 Å². The maximum Gasteiger partial charge on any atom is 0.135 e. The molecule has 0 aliphatic rings. The molecule has 0 spiro atoms. The Kier molecular flexibility index (Phi) is 5.07. The van der Waals surface area contributed by atoms with Crippen molar-refractivity contribution in [2.75, 3.05) is 5.32 Å². The number of nitrogens with one attached hydrogen (secondary N) is 1. The molecule has 0 radical (unpaired) electrons. The average Bonchev–Trinajstić information content (AvgIpc) is 3.24. The first-order chi connectivity index (χ1) is 15.5. The van der Waals surface area contributed by atoms with Gasteiger partial charge in [0.15, 0.2) is 0 Å². The Balaban J connectivity index is 1.53. The average molecular weight is 418 g/mol. The SMILES string of the molecule is CC(C)(C)c1ccc(Nc2cccc(-c3cc4ccccc4o3)c2)c(-c2ccccc2)c1. The molecule has 0 unspecified atom stereocenters. The van der Waals surface area contributed by atoms with Crippen LogP contribution in [0.2, 0.25) is 0 Å². The molecule has 0 amide bonds. The van der Waals surface area contributed by atoms with Crippen LogP contribution in [0.1, 0.15) is 26.3 Å². The van der Waals surface area contributed by atoms with E-state index < -0.39 is 0 Å². The Labute approximate surface area is 189 Å². The molecule has 5 rings (SSSR count). The van der Waals surface area contributed by atoms with Crippen molar-refractivity contribution >= 4 is 22.3 Å². The Morgan fingerprint density at radius 3 is 2.19 bits per heavy atom. The fourth-order valence-electron chi connectivity index (χ4n) is 4.01. The maximum atomic E-state index is 6.08. The quantitative estimate of drug-likeness (QED) is 0.316. The van der Waals surface area contributed by atoms with Crippen LogP contribution < -0.4 is 5.32 Å². The zero-order valence-electron chi connectivity index (χ0n) is 18.7. The molecule has 0 bridgehead atoms. The molecule has 4 aromatic carbocycles. The molecule has 0 atom stereocenters. The van der Waals surface area contributed by atoms with E-state index in [9.17, 15) is 0 Å². The van der Waals surface area contributed by atoms with Crippen LogP contribution in [0.4, 0.5) is 11.4 Å². The predicted molar refractivity (Wildman–Crippen MR) is 136 cm³/mol. The zero-order valence-corrected chi connectivity index (χ0v) is 18.7. The number of hydrogen-bond donors (Lipinski definition) is 1. The number of rotatable bonds is 4. The fraction of sp³-hybridized carbons (Fsp3) is 0.133. The number of furan rings is 1. The van der Waals surface area contributed by atoms with Gasteiger partial charge in [0.1, 0.15) is 11.3 Å². The van der Waals surface area contributed by atoms with Gasteiger partial charge in [0.05, 0.1) is 0 Å². The lowest BCUT2D eigenvalue weighted by atomic mass is 9.85. The van der Waals surface area contributed by atoms with Crippen LogP contribution >= 0.6 is 0 Å². The Hall–Kier alpha value is -3.78. The fourth-order valence-corrected chi connectivity index (χ4v) is 4.01. The summed E-state index contributed by atoms with van der Waals surface area (Å²) >= 11 is 0. The standard InChI is InChI=1S/C30H27NO/c1-30(2,3)24-16-17-27(26(20-24)21-10-5-4-6-11-21)31-25-14-9-13-22(18-25)29-19-23-12-7-8-15-28(23)32-29/h4-20,31H,1-3H3. The Bertz CT molecular complexity index is 1340. The zero-order chi connectivity index (χ0) is 22.1. The van der Waals surface area contributed by atoms with Gasteiger partial charge in [0, 0.05) is 27.9 Å². The summed E-state index contributed by atoms with van der Waals surface area (Å²) in [7, 11) is 0. The molecule has 5 aromatic rings. The summed E-state index contributed by atoms with van der Waals surface area (Å²) in [5, 5.41) is 4.77. The first-order valence-corrected chi connectivity index (χ1v) is 11.0. The molecule has 1 aromatic heterocycles. The Morgan fingerprint density at radius 2 is 1.41 bits per heavy atom. The molecule has 1 N–H and O–H groups in total. The predicted octanol–water partition coefficient (Wildman–Crippen LogP) is 8.81. The molecule has 0 saturated carbocycles. The number of fused-ring (bicyclic) bond motifs is 1. The van der Waals surface area contributed by atoms with Crippen molar-refractivity contribution in [3.05, 3.63) is 109 Å². The molecular formula is C30H27NO. The molecule has 158 valence electrons. The second-order valence-electron chi connectivity index (χ2n) is 9.23. The van der Waals surface area contributed by atoms with Gasteiger partial charge in [-0.2, -0.15) is 0 Å².